The molecule has 1 heterocycles. The molecule has 0 spiro atoms. The van der Waals surface area contributed by atoms with Crippen molar-refractivity contribution in [2.24, 2.45) is 4.99 Å². The van der Waals surface area contributed by atoms with Crippen LogP contribution >= 0.6 is 0 Å². The van der Waals surface area contributed by atoms with Gasteiger partial charge in [-0.2, -0.15) is 4.99 Å². The van der Waals surface area contributed by atoms with Crippen molar-refractivity contribution in [1.29, 1.82) is 0 Å². The zero-order valence-corrected chi connectivity index (χ0v) is 14.8. The summed E-state index contributed by atoms with van der Waals surface area (Å²) >= 11 is 0. The molecular formula is C22H20N2O2. The average molecular weight is 344 g/mol. The zero-order chi connectivity index (χ0) is 18.5. The van der Waals surface area contributed by atoms with E-state index < -0.39 is 11.7 Å². The standard InChI is InChI=1S/C22H20N2O2/c1-16-6-10-18(11-7-16)15-24-14-4-3-5-20(24)23-22(26)21(25)19-12-8-17(2)9-13-19/h3-14H,15H2,1-2H3. The number of ketones is 1. The summed E-state index contributed by atoms with van der Waals surface area (Å²) < 4.78 is 1.85. The molecule has 0 saturated carbocycles. The van der Waals surface area contributed by atoms with Gasteiger partial charge in [0.1, 0.15) is 5.49 Å². The Bertz CT molecular complexity index is 997. The molecule has 1 amide bonds. The van der Waals surface area contributed by atoms with Crippen molar-refractivity contribution in [1.82, 2.24) is 4.57 Å². The fourth-order valence-electron chi connectivity index (χ4n) is 2.58. The van der Waals surface area contributed by atoms with Gasteiger partial charge in [0.25, 0.3) is 5.78 Å². The first-order valence-corrected chi connectivity index (χ1v) is 8.44. The molecule has 0 unspecified atom stereocenters. The Hall–Kier alpha value is -3.27. The highest BCUT2D eigenvalue weighted by atomic mass is 16.2. The lowest BCUT2D eigenvalue weighted by atomic mass is 10.1. The maximum atomic E-state index is 12.3. The maximum absolute atomic E-state index is 12.3. The van der Waals surface area contributed by atoms with E-state index in [1.807, 2.05) is 54.9 Å². The van der Waals surface area contributed by atoms with E-state index in [1.165, 1.54) is 5.56 Å². The number of benzene rings is 2. The highest BCUT2D eigenvalue weighted by molar-refractivity contribution is 6.43. The van der Waals surface area contributed by atoms with Gasteiger partial charge in [-0.25, -0.2) is 0 Å². The number of carbonyl (C=O) groups excluding carboxylic acids is 2. The number of aromatic nitrogens is 1. The molecule has 0 atom stereocenters. The molecule has 0 fully saturated rings. The lowest BCUT2D eigenvalue weighted by Gasteiger charge is -2.07. The number of Topliss-reactive ketones (excluding diaryl/α,β-unsaturated/α-hetero) is 1. The molecule has 0 radical (unpaired) electrons. The van der Waals surface area contributed by atoms with Crippen LogP contribution in [0.15, 0.2) is 77.9 Å². The first-order chi connectivity index (χ1) is 12.5. The van der Waals surface area contributed by atoms with Crippen LogP contribution in [0.1, 0.15) is 27.0 Å². The molecule has 3 rings (SSSR count). The van der Waals surface area contributed by atoms with E-state index in [0.29, 0.717) is 17.6 Å². The summed E-state index contributed by atoms with van der Waals surface area (Å²) in [7, 11) is 0. The molecule has 0 N–H and O–H groups in total. The SMILES string of the molecule is Cc1ccc(Cn2ccccc2=NC(=O)C(=O)c2ccc(C)cc2)cc1. The summed E-state index contributed by atoms with van der Waals surface area (Å²) in [6.07, 6.45) is 1.85. The van der Waals surface area contributed by atoms with Crippen molar-refractivity contribution in [2.45, 2.75) is 20.4 Å². The largest absolute Gasteiger partial charge is 0.328 e. The van der Waals surface area contributed by atoms with E-state index in [2.05, 4.69) is 4.99 Å². The van der Waals surface area contributed by atoms with E-state index >= 15 is 0 Å². The van der Waals surface area contributed by atoms with Gasteiger partial charge in [-0.05, 0) is 31.5 Å². The van der Waals surface area contributed by atoms with Gasteiger partial charge in [0.05, 0.1) is 0 Å². The highest BCUT2D eigenvalue weighted by Gasteiger charge is 2.15. The normalized spacial score (nSPS) is 11.4. The number of amides is 1. The van der Waals surface area contributed by atoms with Gasteiger partial charge in [-0.3, -0.25) is 9.59 Å². The van der Waals surface area contributed by atoms with E-state index in [4.69, 9.17) is 0 Å². The summed E-state index contributed by atoms with van der Waals surface area (Å²) in [6.45, 7) is 4.54. The molecule has 1 aromatic heterocycles. The monoisotopic (exact) mass is 344 g/mol. The molecule has 26 heavy (non-hydrogen) atoms. The Kier molecular flexibility index (Phi) is 5.23. The highest BCUT2D eigenvalue weighted by Crippen LogP contribution is 2.06. The lowest BCUT2D eigenvalue weighted by Crippen LogP contribution is -2.24. The zero-order valence-electron chi connectivity index (χ0n) is 14.8. The lowest BCUT2D eigenvalue weighted by molar-refractivity contribution is -0.114. The molecule has 0 aliphatic heterocycles. The Balaban J connectivity index is 1.88. The average Bonchev–Trinajstić information content (AvgIpc) is 2.65. The van der Waals surface area contributed by atoms with Gasteiger partial charge < -0.3 is 4.57 Å². The van der Waals surface area contributed by atoms with Gasteiger partial charge in [-0.15, -0.1) is 0 Å². The topological polar surface area (TPSA) is 51.4 Å². The second-order valence-electron chi connectivity index (χ2n) is 6.28. The third kappa shape index (κ3) is 4.22. The Morgan fingerprint density at radius 3 is 2.12 bits per heavy atom. The molecule has 4 heteroatoms. The third-order valence-electron chi connectivity index (χ3n) is 4.11. The number of pyridine rings is 1. The second kappa shape index (κ2) is 7.74. The van der Waals surface area contributed by atoms with Crippen molar-refractivity contribution in [3.63, 3.8) is 0 Å². The van der Waals surface area contributed by atoms with Crippen LogP contribution in [0.25, 0.3) is 0 Å². The van der Waals surface area contributed by atoms with Crippen LogP contribution in [0.3, 0.4) is 0 Å². The minimum Gasteiger partial charge on any atom is -0.328 e. The van der Waals surface area contributed by atoms with Crippen LogP contribution < -0.4 is 5.49 Å². The minimum absolute atomic E-state index is 0.352. The quantitative estimate of drug-likeness (QED) is 0.537. The Morgan fingerprint density at radius 1 is 0.846 bits per heavy atom. The number of hydrogen-bond acceptors (Lipinski definition) is 2. The van der Waals surface area contributed by atoms with E-state index in [9.17, 15) is 9.59 Å². The fourth-order valence-corrected chi connectivity index (χ4v) is 2.58. The summed E-state index contributed by atoms with van der Waals surface area (Å²) in [4.78, 5) is 28.7. The van der Waals surface area contributed by atoms with E-state index in [0.717, 1.165) is 11.1 Å². The molecule has 0 aliphatic carbocycles. The number of hydrogen-bond donors (Lipinski definition) is 0. The van der Waals surface area contributed by atoms with Gasteiger partial charge in [-0.1, -0.05) is 65.7 Å². The van der Waals surface area contributed by atoms with E-state index in [1.54, 1.807) is 36.4 Å². The third-order valence-corrected chi connectivity index (χ3v) is 4.11. The first-order valence-electron chi connectivity index (χ1n) is 8.44. The van der Waals surface area contributed by atoms with Crippen molar-refractivity contribution in [2.75, 3.05) is 0 Å². The van der Waals surface area contributed by atoms with E-state index in [-0.39, 0.29) is 0 Å². The Labute approximate surface area is 152 Å². The van der Waals surface area contributed by atoms with Crippen molar-refractivity contribution in [3.05, 3.63) is 101 Å². The van der Waals surface area contributed by atoms with Crippen LogP contribution in [-0.2, 0) is 11.3 Å². The van der Waals surface area contributed by atoms with Crippen LogP contribution in [0.2, 0.25) is 0 Å². The van der Waals surface area contributed by atoms with Gasteiger partial charge >= 0.3 is 5.91 Å². The molecule has 0 saturated heterocycles. The number of nitrogens with zero attached hydrogens (tertiary/aromatic N) is 2. The summed E-state index contributed by atoms with van der Waals surface area (Å²) in [5.41, 5.74) is 4.13. The Morgan fingerprint density at radius 2 is 1.46 bits per heavy atom. The van der Waals surface area contributed by atoms with Gasteiger partial charge in [0, 0.05) is 18.3 Å². The molecule has 0 bridgehead atoms. The predicted octanol–water partition coefficient (Wildman–Crippen LogP) is 3.46. The fraction of sp³-hybridized carbons (Fsp3) is 0.136. The maximum Gasteiger partial charge on any atom is 0.320 e. The van der Waals surface area contributed by atoms with Crippen molar-refractivity contribution in [3.8, 4) is 0 Å². The molecule has 3 aromatic rings. The number of aryl methyl sites for hydroxylation is 2. The van der Waals surface area contributed by atoms with Crippen LogP contribution in [-0.4, -0.2) is 16.3 Å². The predicted molar refractivity (Wildman–Crippen MR) is 101 cm³/mol. The van der Waals surface area contributed by atoms with Crippen molar-refractivity contribution >= 4 is 11.7 Å². The first kappa shape index (κ1) is 17.5. The molecule has 4 nitrogen and oxygen atoms in total. The van der Waals surface area contributed by atoms with Crippen LogP contribution in [0, 0.1) is 13.8 Å². The molecule has 2 aromatic carbocycles. The second-order valence-corrected chi connectivity index (χ2v) is 6.28. The van der Waals surface area contributed by atoms with Crippen LogP contribution in [0.5, 0.6) is 0 Å². The van der Waals surface area contributed by atoms with Crippen molar-refractivity contribution < 1.29 is 9.59 Å². The summed E-state index contributed by atoms with van der Waals surface area (Å²) in [5, 5.41) is 0. The summed E-state index contributed by atoms with van der Waals surface area (Å²) in [5.74, 6) is -1.37. The van der Waals surface area contributed by atoms with Gasteiger partial charge in [0.2, 0.25) is 0 Å². The van der Waals surface area contributed by atoms with Crippen LogP contribution in [0.4, 0.5) is 0 Å². The smallest absolute Gasteiger partial charge is 0.320 e. The number of rotatable bonds is 4. The number of carbonyl (C=O) groups is 2. The summed E-state index contributed by atoms with van der Waals surface area (Å²) in [6, 6.07) is 20.5. The molecule has 130 valence electrons. The molecular weight excluding hydrogens is 324 g/mol. The van der Waals surface area contributed by atoms with Gasteiger partial charge in [0.15, 0.2) is 0 Å². The molecule has 0 aliphatic rings. The minimum atomic E-state index is -0.766.